The van der Waals surface area contributed by atoms with Crippen molar-refractivity contribution in [2.45, 2.75) is 26.4 Å². The van der Waals surface area contributed by atoms with Crippen LogP contribution in [0.4, 0.5) is 10.5 Å². The number of para-hydroxylation sites is 1. The summed E-state index contributed by atoms with van der Waals surface area (Å²) in [6, 6.07) is 15.9. The molecule has 1 aromatic heterocycles. The molecule has 1 atom stereocenters. The van der Waals surface area contributed by atoms with E-state index >= 15 is 0 Å². The lowest BCUT2D eigenvalue weighted by Gasteiger charge is -2.31. The lowest BCUT2D eigenvalue weighted by molar-refractivity contribution is -0.151. The van der Waals surface area contributed by atoms with Crippen LogP contribution in [0.5, 0.6) is 0 Å². The van der Waals surface area contributed by atoms with Crippen molar-refractivity contribution in [1.82, 2.24) is 4.90 Å². The van der Waals surface area contributed by atoms with Gasteiger partial charge in [0.1, 0.15) is 12.2 Å². The van der Waals surface area contributed by atoms with E-state index in [-0.39, 0.29) is 18.6 Å². The molecule has 1 N–H and O–H groups in total. The predicted octanol–water partition coefficient (Wildman–Crippen LogP) is 4.09. The van der Waals surface area contributed by atoms with E-state index in [9.17, 15) is 14.4 Å². The molecule has 2 amide bonds. The Balaban J connectivity index is 1.39. The van der Waals surface area contributed by atoms with Crippen LogP contribution in [0.1, 0.15) is 24.0 Å². The van der Waals surface area contributed by atoms with Gasteiger partial charge in [-0.15, -0.1) is 0 Å². The molecule has 0 spiro atoms. The van der Waals surface area contributed by atoms with Gasteiger partial charge in [-0.05, 0) is 43.5 Å². The quantitative estimate of drug-likeness (QED) is 0.507. The lowest BCUT2D eigenvalue weighted by Crippen LogP contribution is -2.44. The number of piperidine rings is 1. The van der Waals surface area contributed by atoms with E-state index < -0.39 is 11.5 Å². The first-order valence-corrected chi connectivity index (χ1v) is 10.3. The fraction of sp³-hybridized carbons (Fsp3) is 0.292. The average Bonchev–Trinajstić information content (AvgIpc) is 2.77. The molecule has 0 aliphatic carbocycles. The Morgan fingerprint density at radius 2 is 1.97 bits per heavy atom. The number of aryl methyl sites for hydroxylation is 1. The second-order valence-corrected chi connectivity index (χ2v) is 7.78. The summed E-state index contributed by atoms with van der Waals surface area (Å²) in [5, 5.41) is 3.59. The molecule has 160 valence electrons. The van der Waals surface area contributed by atoms with Crippen LogP contribution in [0, 0.1) is 12.8 Å². The maximum atomic E-state index is 12.7. The zero-order valence-electron chi connectivity index (χ0n) is 17.3. The van der Waals surface area contributed by atoms with E-state index in [1.807, 2.05) is 49.4 Å². The maximum absolute atomic E-state index is 12.7. The molecule has 7 heteroatoms. The highest BCUT2D eigenvalue weighted by molar-refractivity contribution is 5.89. The third kappa shape index (κ3) is 4.94. The first kappa shape index (κ1) is 20.7. The van der Waals surface area contributed by atoms with E-state index in [4.69, 9.17) is 9.15 Å². The van der Waals surface area contributed by atoms with Crippen LogP contribution in [0.25, 0.3) is 11.0 Å². The van der Waals surface area contributed by atoms with Crippen LogP contribution in [0.2, 0.25) is 0 Å². The molecular weight excluding hydrogens is 396 g/mol. The number of anilines is 1. The molecule has 0 bridgehead atoms. The minimum absolute atomic E-state index is 0.0172. The van der Waals surface area contributed by atoms with E-state index in [0.717, 1.165) is 17.4 Å². The number of fused-ring (bicyclic) bond motifs is 1. The molecule has 1 unspecified atom stereocenters. The standard InChI is InChI=1S/C24H24N2O5/c1-16-9-10-20-18(13-22(27)31-21(20)12-16)15-30-23(28)17-6-5-11-26(14-17)24(29)25-19-7-3-2-4-8-19/h2-4,7-10,12-13,17H,5-6,11,14-15H2,1H3,(H,25,29). The Labute approximate surface area is 179 Å². The largest absolute Gasteiger partial charge is 0.461 e. The molecule has 2 aromatic carbocycles. The monoisotopic (exact) mass is 420 g/mol. The van der Waals surface area contributed by atoms with Gasteiger partial charge in [0, 0.05) is 35.8 Å². The number of benzene rings is 2. The molecule has 0 radical (unpaired) electrons. The van der Waals surface area contributed by atoms with Crippen molar-refractivity contribution in [3.05, 3.63) is 76.1 Å². The molecule has 31 heavy (non-hydrogen) atoms. The van der Waals surface area contributed by atoms with Gasteiger partial charge in [0.15, 0.2) is 0 Å². The molecule has 1 fully saturated rings. The number of urea groups is 1. The van der Waals surface area contributed by atoms with Gasteiger partial charge in [0.05, 0.1) is 5.92 Å². The Hall–Kier alpha value is -3.61. The molecule has 1 aliphatic heterocycles. The van der Waals surface area contributed by atoms with Crippen molar-refractivity contribution < 1.29 is 18.7 Å². The number of hydrogen-bond acceptors (Lipinski definition) is 5. The number of hydrogen-bond donors (Lipinski definition) is 1. The predicted molar refractivity (Wildman–Crippen MR) is 117 cm³/mol. The summed E-state index contributed by atoms with van der Waals surface area (Å²) >= 11 is 0. The van der Waals surface area contributed by atoms with Crippen LogP contribution >= 0.6 is 0 Å². The third-order valence-electron chi connectivity index (χ3n) is 5.42. The van der Waals surface area contributed by atoms with Gasteiger partial charge in [0.25, 0.3) is 0 Å². The van der Waals surface area contributed by atoms with Crippen LogP contribution in [0.3, 0.4) is 0 Å². The Morgan fingerprint density at radius 3 is 2.77 bits per heavy atom. The van der Waals surface area contributed by atoms with Crippen LogP contribution in [-0.4, -0.2) is 30.0 Å². The molecule has 2 heterocycles. The minimum Gasteiger partial charge on any atom is -0.461 e. The molecule has 3 aromatic rings. The number of rotatable bonds is 4. The number of nitrogens with zero attached hydrogens (tertiary/aromatic N) is 1. The van der Waals surface area contributed by atoms with Crippen molar-refractivity contribution in [3.63, 3.8) is 0 Å². The summed E-state index contributed by atoms with van der Waals surface area (Å²) < 4.78 is 10.8. The Bertz CT molecular complexity index is 1160. The third-order valence-corrected chi connectivity index (χ3v) is 5.42. The second-order valence-electron chi connectivity index (χ2n) is 7.78. The zero-order valence-corrected chi connectivity index (χ0v) is 17.3. The topological polar surface area (TPSA) is 88.9 Å². The van der Waals surface area contributed by atoms with Crippen molar-refractivity contribution in [1.29, 1.82) is 0 Å². The van der Waals surface area contributed by atoms with Gasteiger partial charge in [-0.1, -0.05) is 30.3 Å². The van der Waals surface area contributed by atoms with Gasteiger partial charge < -0.3 is 19.4 Å². The highest BCUT2D eigenvalue weighted by atomic mass is 16.5. The number of nitrogens with one attached hydrogen (secondary N) is 1. The summed E-state index contributed by atoms with van der Waals surface area (Å²) in [6.45, 7) is 2.78. The molecule has 0 saturated carbocycles. The number of carbonyl (C=O) groups excluding carboxylic acids is 2. The summed E-state index contributed by atoms with van der Waals surface area (Å²) in [5.74, 6) is -0.769. The average molecular weight is 420 g/mol. The summed E-state index contributed by atoms with van der Waals surface area (Å²) in [6.07, 6.45) is 1.38. The van der Waals surface area contributed by atoms with Gasteiger partial charge in [-0.3, -0.25) is 4.79 Å². The fourth-order valence-corrected chi connectivity index (χ4v) is 3.80. The van der Waals surface area contributed by atoms with Gasteiger partial charge in [0.2, 0.25) is 0 Å². The van der Waals surface area contributed by atoms with Crippen LogP contribution in [-0.2, 0) is 16.1 Å². The van der Waals surface area contributed by atoms with Crippen molar-refractivity contribution in [3.8, 4) is 0 Å². The van der Waals surface area contributed by atoms with Crippen LogP contribution in [0.15, 0.2) is 63.8 Å². The Morgan fingerprint density at radius 1 is 1.16 bits per heavy atom. The number of esters is 1. The van der Waals surface area contributed by atoms with E-state index in [1.54, 1.807) is 11.0 Å². The highest BCUT2D eigenvalue weighted by Crippen LogP contribution is 2.22. The normalized spacial score (nSPS) is 16.2. The van der Waals surface area contributed by atoms with Crippen LogP contribution < -0.4 is 10.9 Å². The van der Waals surface area contributed by atoms with Gasteiger partial charge in [-0.25, -0.2) is 9.59 Å². The lowest BCUT2D eigenvalue weighted by atomic mass is 9.98. The highest BCUT2D eigenvalue weighted by Gasteiger charge is 2.29. The molecule has 7 nitrogen and oxygen atoms in total. The number of ether oxygens (including phenoxy) is 1. The van der Waals surface area contributed by atoms with Crippen molar-refractivity contribution >= 4 is 28.7 Å². The maximum Gasteiger partial charge on any atom is 0.336 e. The van der Waals surface area contributed by atoms with Gasteiger partial charge in [-0.2, -0.15) is 0 Å². The second kappa shape index (κ2) is 9.04. The number of likely N-dealkylation sites (tertiary alicyclic amines) is 1. The van der Waals surface area contributed by atoms with Crippen molar-refractivity contribution in [2.75, 3.05) is 18.4 Å². The fourth-order valence-electron chi connectivity index (χ4n) is 3.80. The Kier molecular flexibility index (Phi) is 6.02. The molecular formula is C24H24N2O5. The molecule has 1 saturated heterocycles. The van der Waals surface area contributed by atoms with Gasteiger partial charge >= 0.3 is 17.6 Å². The molecule has 4 rings (SSSR count). The van der Waals surface area contributed by atoms with E-state index in [2.05, 4.69) is 5.32 Å². The number of carbonyl (C=O) groups is 2. The first-order chi connectivity index (χ1) is 15.0. The SMILES string of the molecule is Cc1ccc2c(COC(=O)C3CCCN(C(=O)Nc4ccccc4)C3)cc(=O)oc2c1. The first-order valence-electron chi connectivity index (χ1n) is 10.3. The molecule has 1 aliphatic rings. The van der Waals surface area contributed by atoms with E-state index in [0.29, 0.717) is 36.3 Å². The van der Waals surface area contributed by atoms with E-state index in [1.165, 1.54) is 6.07 Å². The zero-order chi connectivity index (χ0) is 21.8. The summed E-state index contributed by atoms with van der Waals surface area (Å²) in [4.78, 5) is 38.7. The minimum atomic E-state index is -0.481. The van der Waals surface area contributed by atoms with Crippen molar-refractivity contribution in [2.24, 2.45) is 5.92 Å². The number of amides is 2. The summed E-state index contributed by atoms with van der Waals surface area (Å²) in [5.41, 5.74) is 2.28. The smallest absolute Gasteiger partial charge is 0.336 e. The summed E-state index contributed by atoms with van der Waals surface area (Å²) in [7, 11) is 0.